The first kappa shape index (κ1) is 12.2. The number of rotatable bonds is 2. The van der Waals surface area contributed by atoms with Crippen LogP contribution >= 0.6 is 0 Å². The highest BCUT2D eigenvalue weighted by molar-refractivity contribution is 5.96. The maximum atomic E-state index is 12.9. The van der Waals surface area contributed by atoms with Crippen molar-refractivity contribution in [1.82, 2.24) is 0 Å². The molecule has 0 heterocycles. The van der Waals surface area contributed by atoms with Gasteiger partial charge in [-0.25, -0.2) is 4.39 Å². The number of nitrogens with two attached hydrogens (primary N) is 1. The maximum absolute atomic E-state index is 12.9. The number of primary amides is 1. The minimum atomic E-state index is -4.91. The van der Waals surface area contributed by atoms with E-state index in [1.807, 2.05) is 0 Å². The highest BCUT2D eigenvalue weighted by atomic mass is 19.4. The van der Waals surface area contributed by atoms with E-state index >= 15 is 0 Å². The van der Waals surface area contributed by atoms with E-state index in [0.717, 1.165) is 0 Å². The van der Waals surface area contributed by atoms with Crippen molar-refractivity contribution in [1.29, 1.82) is 0 Å². The Hall–Kier alpha value is -1.92. The largest absolute Gasteiger partial charge is 0.417 e. The second kappa shape index (κ2) is 3.92. The van der Waals surface area contributed by atoms with Gasteiger partial charge in [0.1, 0.15) is 5.82 Å². The topological polar surface area (TPSA) is 60.2 Å². The lowest BCUT2D eigenvalue weighted by Gasteiger charge is -2.11. The molecule has 0 bridgehead atoms. The molecule has 16 heavy (non-hydrogen) atoms. The summed E-state index contributed by atoms with van der Waals surface area (Å²) in [5.41, 5.74) is 1.63. The first-order valence-corrected chi connectivity index (χ1v) is 3.93. The third-order valence-electron chi connectivity index (χ3n) is 1.83. The molecule has 86 valence electrons. The zero-order valence-corrected chi connectivity index (χ0v) is 7.64. The summed E-state index contributed by atoms with van der Waals surface area (Å²) >= 11 is 0. The third-order valence-corrected chi connectivity index (χ3v) is 1.83. The van der Waals surface area contributed by atoms with Crippen molar-refractivity contribution in [2.75, 3.05) is 0 Å². The van der Waals surface area contributed by atoms with E-state index in [4.69, 9.17) is 5.73 Å². The summed E-state index contributed by atoms with van der Waals surface area (Å²) < 4.78 is 50.0. The second-order valence-electron chi connectivity index (χ2n) is 2.90. The van der Waals surface area contributed by atoms with Gasteiger partial charge in [0, 0.05) is 0 Å². The van der Waals surface area contributed by atoms with Crippen LogP contribution < -0.4 is 5.73 Å². The molecule has 1 aromatic carbocycles. The summed E-state index contributed by atoms with van der Waals surface area (Å²) in [5.74, 6) is -2.73. The quantitative estimate of drug-likeness (QED) is 0.627. The van der Waals surface area contributed by atoms with Crippen molar-refractivity contribution >= 4 is 12.2 Å². The lowest BCUT2D eigenvalue weighted by Crippen LogP contribution is -2.19. The lowest BCUT2D eigenvalue weighted by molar-refractivity contribution is -0.138. The van der Waals surface area contributed by atoms with E-state index in [1.165, 1.54) is 0 Å². The molecule has 1 rings (SSSR count). The molecule has 7 heteroatoms. The van der Waals surface area contributed by atoms with Crippen LogP contribution in [0.5, 0.6) is 0 Å². The molecule has 2 N–H and O–H groups in total. The van der Waals surface area contributed by atoms with Crippen LogP contribution in [-0.4, -0.2) is 12.2 Å². The van der Waals surface area contributed by atoms with Gasteiger partial charge in [-0.2, -0.15) is 13.2 Å². The number of carbonyl (C=O) groups excluding carboxylic acids is 2. The standard InChI is InChI=1S/C9H5F4NO2/c10-7-2-6(9(11,12)13)5(8(14)16)1-4(7)3-15/h1-3H,(H2,14,16). The van der Waals surface area contributed by atoms with Gasteiger partial charge in [-0.3, -0.25) is 9.59 Å². The fourth-order valence-electron chi connectivity index (χ4n) is 1.12. The Labute approximate surface area is 86.9 Å². The summed E-state index contributed by atoms with van der Waals surface area (Å²) in [6.45, 7) is 0. The molecule has 0 saturated heterocycles. The van der Waals surface area contributed by atoms with Gasteiger partial charge in [0.25, 0.3) is 0 Å². The van der Waals surface area contributed by atoms with E-state index < -0.39 is 34.6 Å². The first-order valence-electron chi connectivity index (χ1n) is 3.93. The molecule has 0 spiro atoms. The van der Waals surface area contributed by atoms with Gasteiger partial charge in [0.2, 0.25) is 5.91 Å². The van der Waals surface area contributed by atoms with E-state index in [0.29, 0.717) is 6.07 Å². The van der Waals surface area contributed by atoms with Gasteiger partial charge in [0.05, 0.1) is 16.7 Å². The lowest BCUT2D eigenvalue weighted by atomic mass is 10.0. The molecule has 1 amide bonds. The fourth-order valence-corrected chi connectivity index (χ4v) is 1.12. The van der Waals surface area contributed by atoms with Crippen LogP contribution in [-0.2, 0) is 6.18 Å². The van der Waals surface area contributed by atoms with E-state index in [2.05, 4.69) is 0 Å². The molecule has 1 aromatic rings. The average molecular weight is 235 g/mol. The molecule has 0 unspecified atom stereocenters. The first-order chi connectivity index (χ1) is 7.27. The van der Waals surface area contributed by atoms with Gasteiger partial charge in [-0.15, -0.1) is 0 Å². The van der Waals surface area contributed by atoms with Crippen LogP contribution in [0.25, 0.3) is 0 Å². The summed E-state index contributed by atoms with van der Waals surface area (Å²) in [6.07, 6.45) is -4.91. The molecule has 0 saturated carbocycles. The Morgan fingerprint density at radius 1 is 1.31 bits per heavy atom. The number of carbonyl (C=O) groups is 2. The number of halogens is 4. The molecule has 3 nitrogen and oxygen atoms in total. The minimum absolute atomic E-state index is 0.00191. The Kier molecular flexibility index (Phi) is 2.97. The number of aldehydes is 1. The van der Waals surface area contributed by atoms with Gasteiger partial charge in [-0.05, 0) is 12.1 Å². The van der Waals surface area contributed by atoms with Crippen LogP contribution in [0.15, 0.2) is 12.1 Å². The third kappa shape index (κ3) is 2.18. The predicted octanol–water partition coefficient (Wildman–Crippen LogP) is 1.76. The SMILES string of the molecule is NC(=O)c1cc(C=O)c(F)cc1C(F)(F)F. The number of benzene rings is 1. The van der Waals surface area contributed by atoms with E-state index in [-0.39, 0.29) is 12.4 Å². The number of amides is 1. The molecular weight excluding hydrogens is 230 g/mol. The highest BCUT2D eigenvalue weighted by Gasteiger charge is 2.35. The molecule has 0 aromatic heterocycles. The minimum Gasteiger partial charge on any atom is -0.366 e. The number of hydrogen-bond donors (Lipinski definition) is 1. The monoisotopic (exact) mass is 235 g/mol. The van der Waals surface area contributed by atoms with Gasteiger partial charge >= 0.3 is 6.18 Å². The van der Waals surface area contributed by atoms with Crippen molar-refractivity contribution in [3.63, 3.8) is 0 Å². The normalized spacial score (nSPS) is 11.2. The number of alkyl halides is 3. The molecule has 0 aliphatic rings. The van der Waals surface area contributed by atoms with Gasteiger partial charge < -0.3 is 5.73 Å². The van der Waals surface area contributed by atoms with Crippen molar-refractivity contribution in [2.45, 2.75) is 6.18 Å². The summed E-state index contributed by atoms with van der Waals surface area (Å²) in [7, 11) is 0. The van der Waals surface area contributed by atoms with Gasteiger partial charge in [-0.1, -0.05) is 0 Å². The zero-order chi connectivity index (χ0) is 12.5. The predicted molar refractivity (Wildman–Crippen MR) is 45.3 cm³/mol. The van der Waals surface area contributed by atoms with Crippen LogP contribution in [0.4, 0.5) is 17.6 Å². The Morgan fingerprint density at radius 3 is 2.25 bits per heavy atom. The maximum Gasteiger partial charge on any atom is 0.417 e. The smallest absolute Gasteiger partial charge is 0.366 e. The van der Waals surface area contributed by atoms with E-state index in [9.17, 15) is 27.2 Å². The second-order valence-corrected chi connectivity index (χ2v) is 2.90. The molecule has 0 fully saturated rings. The average Bonchev–Trinajstić information content (AvgIpc) is 2.15. The van der Waals surface area contributed by atoms with Crippen LogP contribution in [0, 0.1) is 5.82 Å². The van der Waals surface area contributed by atoms with Crippen molar-refractivity contribution in [2.24, 2.45) is 5.73 Å². The number of hydrogen-bond acceptors (Lipinski definition) is 2. The molecule has 0 atom stereocenters. The van der Waals surface area contributed by atoms with Crippen LogP contribution in [0.1, 0.15) is 26.3 Å². The molecule has 0 aliphatic heterocycles. The van der Waals surface area contributed by atoms with Crippen molar-refractivity contribution in [3.05, 3.63) is 34.6 Å². The molecule has 0 radical (unpaired) electrons. The Bertz CT molecular complexity index is 454. The van der Waals surface area contributed by atoms with E-state index in [1.54, 1.807) is 0 Å². The summed E-state index contributed by atoms with van der Waals surface area (Å²) in [4.78, 5) is 21.0. The van der Waals surface area contributed by atoms with Crippen molar-refractivity contribution in [3.8, 4) is 0 Å². The molecule has 0 aliphatic carbocycles. The van der Waals surface area contributed by atoms with Crippen LogP contribution in [0.2, 0.25) is 0 Å². The van der Waals surface area contributed by atoms with Gasteiger partial charge in [0.15, 0.2) is 6.29 Å². The van der Waals surface area contributed by atoms with Crippen molar-refractivity contribution < 1.29 is 27.2 Å². The molecular formula is C9H5F4NO2. The summed E-state index contributed by atoms with van der Waals surface area (Å²) in [6, 6.07) is 0.553. The Balaban J connectivity index is 3.55. The highest BCUT2D eigenvalue weighted by Crippen LogP contribution is 2.33. The Morgan fingerprint density at radius 2 is 1.88 bits per heavy atom. The fraction of sp³-hybridized carbons (Fsp3) is 0.111. The van der Waals surface area contributed by atoms with Crippen LogP contribution in [0.3, 0.4) is 0 Å². The summed E-state index contributed by atoms with van der Waals surface area (Å²) in [5, 5.41) is 0. The zero-order valence-electron chi connectivity index (χ0n) is 7.64.